The van der Waals surface area contributed by atoms with E-state index in [2.05, 4.69) is 25.6 Å². The first kappa shape index (κ1) is 16.5. The standard InChI is InChI=1S/C17H14N6O4/c24-23(25)15-16(19-8-11-1-2-13-14(7-11)27-10-26-13)20-9-21-17(15)22-12-3-5-18-6-4-12/h1-7,9H,8,10H2,(H2,18,19,20,21,22). The van der Waals surface area contributed by atoms with Crippen molar-refractivity contribution in [2.75, 3.05) is 17.4 Å². The van der Waals surface area contributed by atoms with Gasteiger partial charge in [0, 0.05) is 24.6 Å². The van der Waals surface area contributed by atoms with E-state index in [0.717, 1.165) is 5.56 Å². The molecule has 0 fully saturated rings. The van der Waals surface area contributed by atoms with Gasteiger partial charge in [0.05, 0.1) is 4.92 Å². The molecular weight excluding hydrogens is 352 g/mol. The highest BCUT2D eigenvalue weighted by Gasteiger charge is 2.23. The fourth-order valence-corrected chi connectivity index (χ4v) is 2.58. The summed E-state index contributed by atoms with van der Waals surface area (Å²) in [6.45, 7) is 0.511. The summed E-state index contributed by atoms with van der Waals surface area (Å²) in [5.41, 5.74) is 1.26. The molecule has 0 bridgehead atoms. The Kier molecular flexibility index (Phi) is 4.35. The summed E-state index contributed by atoms with van der Waals surface area (Å²) in [4.78, 5) is 23.0. The highest BCUT2D eigenvalue weighted by molar-refractivity contribution is 5.73. The molecule has 0 saturated heterocycles. The Balaban J connectivity index is 1.57. The number of ether oxygens (including phenoxy) is 2. The normalized spacial score (nSPS) is 11.9. The zero-order chi connectivity index (χ0) is 18.6. The lowest BCUT2D eigenvalue weighted by atomic mass is 10.2. The Bertz CT molecular complexity index is 982. The summed E-state index contributed by atoms with van der Waals surface area (Å²) in [6, 6.07) is 8.84. The molecule has 2 N–H and O–H groups in total. The maximum Gasteiger partial charge on any atom is 0.353 e. The molecule has 136 valence electrons. The molecule has 0 unspecified atom stereocenters. The Morgan fingerprint density at radius 1 is 1.07 bits per heavy atom. The average molecular weight is 366 g/mol. The van der Waals surface area contributed by atoms with Crippen LogP contribution in [0.5, 0.6) is 11.5 Å². The van der Waals surface area contributed by atoms with Crippen LogP contribution in [0, 0.1) is 10.1 Å². The van der Waals surface area contributed by atoms with Crippen LogP contribution in [0.2, 0.25) is 0 Å². The van der Waals surface area contributed by atoms with Crippen molar-refractivity contribution in [2.45, 2.75) is 6.54 Å². The van der Waals surface area contributed by atoms with Gasteiger partial charge in [-0.2, -0.15) is 0 Å². The zero-order valence-electron chi connectivity index (χ0n) is 14.0. The van der Waals surface area contributed by atoms with Crippen molar-refractivity contribution in [3.8, 4) is 11.5 Å². The summed E-state index contributed by atoms with van der Waals surface area (Å²) in [5.74, 6) is 1.53. The van der Waals surface area contributed by atoms with E-state index < -0.39 is 4.92 Å². The zero-order valence-corrected chi connectivity index (χ0v) is 14.0. The molecule has 0 atom stereocenters. The SMILES string of the molecule is O=[N+]([O-])c1c(NCc2ccc3c(c2)OCO3)ncnc1Nc1ccncc1. The highest BCUT2D eigenvalue weighted by atomic mass is 16.7. The molecule has 1 aliphatic heterocycles. The molecule has 10 heteroatoms. The topological polar surface area (TPSA) is 124 Å². The number of aromatic nitrogens is 3. The van der Waals surface area contributed by atoms with E-state index in [9.17, 15) is 10.1 Å². The summed E-state index contributed by atoms with van der Waals surface area (Å²) >= 11 is 0. The van der Waals surface area contributed by atoms with Crippen LogP contribution in [0.15, 0.2) is 49.1 Å². The average Bonchev–Trinajstić information content (AvgIpc) is 3.15. The second kappa shape index (κ2) is 7.12. The molecule has 0 spiro atoms. The van der Waals surface area contributed by atoms with Crippen LogP contribution in [-0.4, -0.2) is 26.7 Å². The number of hydrogen-bond acceptors (Lipinski definition) is 9. The van der Waals surface area contributed by atoms with Crippen LogP contribution in [0.4, 0.5) is 23.0 Å². The van der Waals surface area contributed by atoms with Crippen LogP contribution < -0.4 is 20.1 Å². The van der Waals surface area contributed by atoms with E-state index in [-0.39, 0.29) is 24.1 Å². The summed E-state index contributed by atoms with van der Waals surface area (Å²) in [7, 11) is 0. The third-order valence-electron chi connectivity index (χ3n) is 3.84. The Morgan fingerprint density at radius 2 is 1.85 bits per heavy atom. The molecule has 2 aromatic heterocycles. The van der Waals surface area contributed by atoms with Crippen LogP contribution in [0.1, 0.15) is 5.56 Å². The van der Waals surface area contributed by atoms with E-state index in [1.54, 1.807) is 30.6 Å². The molecule has 0 radical (unpaired) electrons. The van der Waals surface area contributed by atoms with Gasteiger partial charge in [-0.1, -0.05) is 6.07 Å². The Hall–Kier alpha value is -3.95. The minimum atomic E-state index is -0.522. The van der Waals surface area contributed by atoms with Crippen molar-refractivity contribution in [1.29, 1.82) is 0 Å². The van der Waals surface area contributed by atoms with Crippen molar-refractivity contribution in [1.82, 2.24) is 15.0 Å². The minimum Gasteiger partial charge on any atom is -0.454 e. The Morgan fingerprint density at radius 3 is 2.67 bits per heavy atom. The molecule has 3 heterocycles. The molecule has 0 aliphatic carbocycles. The first-order valence-electron chi connectivity index (χ1n) is 7.99. The van der Waals surface area contributed by atoms with Gasteiger partial charge in [-0.3, -0.25) is 15.1 Å². The number of fused-ring (bicyclic) bond motifs is 1. The molecule has 0 saturated carbocycles. The third kappa shape index (κ3) is 3.54. The second-order valence-electron chi connectivity index (χ2n) is 5.58. The van der Waals surface area contributed by atoms with Gasteiger partial charge in [0.25, 0.3) is 0 Å². The van der Waals surface area contributed by atoms with Gasteiger partial charge in [0.2, 0.25) is 18.4 Å². The molecule has 0 amide bonds. The van der Waals surface area contributed by atoms with E-state index in [0.29, 0.717) is 23.7 Å². The number of anilines is 3. The summed E-state index contributed by atoms with van der Waals surface area (Å²) < 4.78 is 10.6. The minimum absolute atomic E-state index is 0.0920. The quantitative estimate of drug-likeness (QED) is 0.500. The van der Waals surface area contributed by atoms with Crippen molar-refractivity contribution in [2.24, 2.45) is 0 Å². The first-order chi connectivity index (χ1) is 13.2. The van der Waals surface area contributed by atoms with Crippen molar-refractivity contribution in [3.05, 3.63) is 64.7 Å². The van der Waals surface area contributed by atoms with Crippen molar-refractivity contribution in [3.63, 3.8) is 0 Å². The van der Waals surface area contributed by atoms with E-state index >= 15 is 0 Å². The van der Waals surface area contributed by atoms with Gasteiger partial charge in [-0.15, -0.1) is 0 Å². The lowest BCUT2D eigenvalue weighted by molar-refractivity contribution is -0.383. The predicted octanol–water partition coefficient (Wildman–Crippen LogP) is 2.86. The number of benzene rings is 1. The van der Waals surface area contributed by atoms with Crippen LogP contribution in [0.25, 0.3) is 0 Å². The maximum absolute atomic E-state index is 11.6. The molecule has 3 aromatic rings. The number of rotatable bonds is 6. The van der Waals surface area contributed by atoms with Crippen LogP contribution in [0.3, 0.4) is 0 Å². The predicted molar refractivity (Wildman–Crippen MR) is 96.1 cm³/mol. The fraction of sp³-hybridized carbons (Fsp3) is 0.118. The maximum atomic E-state index is 11.6. The van der Waals surface area contributed by atoms with Crippen molar-refractivity contribution >= 4 is 23.0 Å². The number of nitrogens with one attached hydrogen (secondary N) is 2. The number of nitro groups is 1. The van der Waals surface area contributed by atoms with Gasteiger partial charge in [0.1, 0.15) is 6.33 Å². The van der Waals surface area contributed by atoms with E-state index in [1.165, 1.54) is 6.33 Å². The van der Waals surface area contributed by atoms with Crippen molar-refractivity contribution < 1.29 is 14.4 Å². The number of pyridine rings is 1. The molecular formula is C17H14N6O4. The molecule has 27 heavy (non-hydrogen) atoms. The molecule has 4 rings (SSSR count). The molecule has 1 aliphatic rings. The number of nitrogens with zero attached hydrogens (tertiary/aromatic N) is 4. The van der Waals surface area contributed by atoms with E-state index in [4.69, 9.17) is 9.47 Å². The third-order valence-corrected chi connectivity index (χ3v) is 3.84. The molecule has 1 aromatic carbocycles. The van der Waals surface area contributed by atoms with Crippen LogP contribution >= 0.6 is 0 Å². The largest absolute Gasteiger partial charge is 0.454 e. The smallest absolute Gasteiger partial charge is 0.353 e. The first-order valence-corrected chi connectivity index (χ1v) is 7.99. The van der Waals surface area contributed by atoms with Crippen LogP contribution in [-0.2, 0) is 6.54 Å². The van der Waals surface area contributed by atoms with Gasteiger partial charge in [-0.25, -0.2) is 9.97 Å². The summed E-state index contributed by atoms with van der Waals surface area (Å²) in [6.07, 6.45) is 4.42. The van der Waals surface area contributed by atoms with Gasteiger partial charge in [0.15, 0.2) is 11.5 Å². The monoisotopic (exact) mass is 366 g/mol. The lowest BCUT2D eigenvalue weighted by Crippen LogP contribution is -2.08. The second-order valence-corrected chi connectivity index (χ2v) is 5.58. The van der Waals surface area contributed by atoms with Gasteiger partial charge < -0.3 is 20.1 Å². The lowest BCUT2D eigenvalue weighted by Gasteiger charge is -2.10. The van der Waals surface area contributed by atoms with Gasteiger partial charge >= 0.3 is 5.69 Å². The van der Waals surface area contributed by atoms with E-state index in [1.807, 2.05) is 12.1 Å². The highest BCUT2D eigenvalue weighted by Crippen LogP contribution is 2.34. The van der Waals surface area contributed by atoms with Gasteiger partial charge in [-0.05, 0) is 29.8 Å². The summed E-state index contributed by atoms with van der Waals surface area (Å²) in [5, 5.41) is 17.5. The molecule has 10 nitrogen and oxygen atoms in total. The Labute approximate surface area is 153 Å². The fourth-order valence-electron chi connectivity index (χ4n) is 2.58. The number of hydrogen-bond donors (Lipinski definition) is 2.